The second-order valence-electron chi connectivity index (χ2n) is 6.69. The summed E-state index contributed by atoms with van der Waals surface area (Å²) < 4.78 is 0. The smallest absolute Gasteiger partial charge is 0.227 e. The highest BCUT2D eigenvalue weighted by Gasteiger charge is 2.30. The minimum absolute atomic E-state index is 0.128. The van der Waals surface area contributed by atoms with Crippen molar-refractivity contribution >= 4 is 34.9 Å². The van der Waals surface area contributed by atoms with Gasteiger partial charge in [-0.25, -0.2) is 0 Å². The standard InChI is InChI=1S/C18H22Cl2N2O2/c19-16-5-4-13(9-17(16)20)10-18(24)22-7-2-1-3-14(22)11-21-8-6-15(23)12-21/h4-5,9,14H,1-3,6-8,10-12H2/t14-/m1/s1. The summed E-state index contributed by atoms with van der Waals surface area (Å²) in [6.07, 6.45) is 4.18. The average Bonchev–Trinajstić information content (AvgIpc) is 2.96. The maximum absolute atomic E-state index is 12.8. The highest BCUT2D eigenvalue weighted by atomic mass is 35.5. The van der Waals surface area contributed by atoms with E-state index < -0.39 is 0 Å². The molecule has 6 heteroatoms. The van der Waals surface area contributed by atoms with E-state index in [1.165, 1.54) is 0 Å². The minimum Gasteiger partial charge on any atom is -0.338 e. The molecule has 0 radical (unpaired) electrons. The Balaban J connectivity index is 1.64. The van der Waals surface area contributed by atoms with E-state index in [2.05, 4.69) is 4.90 Å². The molecule has 0 unspecified atom stereocenters. The second kappa shape index (κ2) is 7.85. The van der Waals surface area contributed by atoms with Gasteiger partial charge in [0.05, 0.1) is 23.0 Å². The van der Waals surface area contributed by atoms with E-state index >= 15 is 0 Å². The number of amides is 1. The third kappa shape index (κ3) is 4.29. The van der Waals surface area contributed by atoms with Crippen molar-refractivity contribution in [2.24, 2.45) is 0 Å². The van der Waals surface area contributed by atoms with Gasteiger partial charge in [0, 0.05) is 32.1 Å². The van der Waals surface area contributed by atoms with Crippen LogP contribution in [-0.2, 0) is 16.0 Å². The first-order valence-electron chi connectivity index (χ1n) is 8.50. The Bertz CT molecular complexity index is 635. The van der Waals surface area contributed by atoms with Gasteiger partial charge < -0.3 is 4.90 Å². The summed E-state index contributed by atoms with van der Waals surface area (Å²) in [4.78, 5) is 28.4. The Morgan fingerprint density at radius 1 is 1.17 bits per heavy atom. The van der Waals surface area contributed by atoms with Gasteiger partial charge in [-0.05, 0) is 37.0 Å². The van der Waals surface area contributed by atoms with Crippen LogP contribution in [0.4, 0.5) is 0 Å². The molecule has 3 rings (SSSR count). The Morgan fingerprint density at radius 2 is 2.00 bits per heavy atom. The van der Waals surface area contributed by atoms with Gasteiger partial charge in [-0.3, -0.25) is 14.5 Å². The fourth-order valence-electron chi connectivity index (χ4n) is 3.59. The van der Waals surface area contributed by atoms with E-state index in [9.17, 15) is 9.59 Å². The molecule has 130 valence electrons. The minimum atomic E-state index is 0.128. The van der Waals surface area contributed by atoms with Crippen LogP contribution in [0.15, 0.2) is 18.2 Å². The molecule has 0 saturated carbocycles. The van der Waals surface area contributed by atoms with Gasteiger partial charge in [-0.15, -0.1) is 0 Å². The van der Waals surface area contributed by atoms with Crippen molar-refractivity contribution in [3.8, 4) is 0 Å². The molecule has 2 saturated heterocycles. The number of nitrogens with zero attached hydrogens (tertiary/aromatic N) is 2. The number of carbonyl (C=O) groups is 2. The summed E-state index contributed by atoms with van der Waals surface area (Å²) in [6.45, 7) is 2.96. The zero-order chi connectivity index (χ0) is 17.1. The SMILES string of the molecule is O=C1CCN(C[C@H]2CCCCN2C(=O)Cc2ccc(Cl)c(Cl)c2)C1. The molecule has 1 atom stereocenters. The van der Waals surface area contributed by atoms with Crippen LogP contribution in [0, 0.1) is 0 Å². The zero-order valence-electron chi connectivity index (χ0n) is 13.6. The van der Waals surface area contributed by atoms with Crippen molar-refractivity contribution in [1.29, 1.82) is 0 Å². The molecular weight excluding hydrogens is 347 g/mol. The predicted octanol–water partition coefficient (Wildman–Crippen LogP) is 3.19. The topological polar surface area (TPSA) is 40.6 Å². The number of benzene rings is 1. The highest BCUT2D eigenvalue weighted by Crippen LogP contribution is 2.24. The quantitative estimate of drug-likeness (QED) is 0.819. The van der Waals surface area contributed by atoms with Gasteiger partial charge in [0.25, 0.3) is 0 Å². The van der Waals surface area contributed by atoms with Crippen molar-refractivity contribution in [2.45, 2.75) is 38.1 Å². The van der Waals surface area contributed by atoms with Crippen molar-refractivity contribution in [3.05, 3.63) is 33.8 Å². The summed E-state index contributed by atoms with van der Waals surface area (Å²) >= 11 is 12.0. The monoisotopic (exact) mass is 368 g/mol. The van der Waals surface area contributed by atoms with Crippen LogP contribution in [0.5, 0.6) is 0 Å². The lowest BCUT2D eigenvalue weighted by atomic mass is 10.00. The maximum Gasteiger partial charge on any atom is 0.227 e. The lowest BCUT2D eigenvalue weighted by Gasteiger charge is -2.38. The van der Waals surface area contributed by atoms with Crippen LogP contribution in [0.3, 0.4) is 0 Å². The molecule has 0 bridgehead atoms. The number of halogens is 2. The van der Waals surface area contributed by atoms with Crippen LogP contribution in [0.25, 0.3) is 0 Å². The molecule has 2 fully saturated rings. The van der Waals surface area contributed by atoms with Gasteiger partial charge >= 0.3 is 0 Å². The molecule has 0 spiro atoms. The van der Waals surface area contributed by atoms with E-state index in [-0.39, 0.29) is 11.9 Å². The van der Waals surface area contributed by atoms with Gasteiger partial charge in [0.1, 0.15) is 5.78 Å². The fourth-order valence-corrected chi connectivity index (χ4v) is 3.91. The Morgan fingerprint density at radius 3 is 2.71 bits per heavy atom. The molecule has 2 aliphatic rings. The van der Waals surface area contributed by atoms with Crippen molar-refractivity contribution in [1.82, 2.24) is 9.80 Å². The van der Waals surface area contributed by atoms with Crippen LogP contribution >= 0.6 is 23.2 Å². The number of hydrogen-bond donors (Lipinski definition) is 0. The number of hydrogen-bond acceptors (Lipinski definition) is 3. The van der Waals surface area contributed by atoms with Crippen molar-refractivity contribution in [2.75, 3.05) is 26.2 Å². The number of likely N-dealkylation sites (tertiary alicyclic amines) is 2. The molecule has 24 heavy (non-hydrogen) atoms. The largest absolute Gasteiger partial charge is 0.338 e. The van der Waals surface area contributed by atoms with E-state index in [0.29, 0.717) is 35.2 Å². The number of piperidine rings is 1. The van der Waals surface area contributed by atoms with Gasteiger partial charge in [-0.2, -0.15) is 0 Å². The number of Topliss-reactive ketones (excluding diaryl/α,β-unsaturated/α-hetero) is 1. The summed E-state index contributed by atoms with van der Waals surface area (Å²) in [7, 11) is 0. The highest BCUT2D eigenvalue weighted by molar-refractivity contribution is 6.42. The van der Waals surface area contributed by atoms with Crippen LogP contribution in [-0.4, -0.2) is 53.7 Å². The molecule has 1 amide bonds. The zero-order valence-corrected chi connectivity index (χ0v) is 15.2. The molecule has 0 N–H and O–H groups in total. The van der Waals surface area contributed by atoms with Gasteiger partial charge in [0.2, 0.25) is 5.91 Å². The molecular formula is C18H22Cl2N2O2. The average molecular weight is 369 g/mol. The summed E-state index contributed by atoms with van der Waals surface area (Å²) in [5, 5.41) is 0.982. The Hall–Kier alpha value is -1.10. The Labute approximate surface area is 152 Å². The predicted molar refractivity (Wildman–Crippen MR) is 95.6 cm³/mol. The van der Waals surface area contributed by atoms with E-state index in [4.69, 9.17) is 23.2 Å². The second-order valence-corrected chi connectivity index (χ2v) is 7.50. The van der Waals surface area contributed by atoms with Gasteiger partial charge in [-0.1, -0.05) is 29.3 Å². The summed E-state index contributed by atoms with van der Waals surface area (Å²) in [5.74, 6) is 0.433. The first-order valence-corrected chi connectivity index (χ1v) is 9.26. The first-order chi connectivity index (χ1) is 11.5. The Kier molecular flexibility index (Phi) is 5.80. The lowest BCUT2D eigenvalue weighted by Crippen LogP contribution is -2.49. The molecule has 1 aromatic carbocycles. The van der Waals surface area contributed by atoms with E-state index in [1.54, 1.807) is 12.1 Å². The molecule has 2 aliphatic heterocycles. The van der Waals surface area contributed by atoms with Crippen molar-refractivity contribution in [3.63, 3.8) is 0 Å². The number of rotatable bonds is 4. The third-order valence-electron chi connectivity index (χ3n) is 4.86. The molecule has 0 aromatic heterocycles. The van der Waals surface area contributed by atoms with Crippen LogP contribution < -0.4 is 0 Å². The molecule has 2 heterocycles. The van der Waals surface area contributed by atoms with Crippen LogP contribution in [0.2, 0.25) is 10.0 Å². The van der Waals surface area contributed by atoms with Gasteiger partial charge in [0.15, 0.2) is 0 Å². The van der Waals surface area contributed by atoms with E-state index in [0.717, 1.165) is 44.5 Å². The summed E-state index contributed by atoms with van der Waals surface area (Å²) in [6, 6.07) is 5.56. The van der Waals surface area contributed by atoms with Crippen molar-refractivity contribution < 1.29 is 9.59 Å². The fraction of sp³-hybridized carbons (Fsp3) is 0.556. The maximum atomic E-state index is 12.8. The van der Waals surface area contributed by atoms with Crippen LogP contribution in [0.1, 0.15) is 31.2 Å². The lowest BCUT2D eigenvalue weighted by molar-refractivity contribution is -0.134. The normalized spacial score (nSPS) is 22.2. The summed E-state index contributed by atoms with van der Waals surface area (Å²) in [5.41, 5.74) is 0.884. The molecule has 0 aliphatic carbocycles. The van der Waals surface area contributed by atoms with E-state index in [1.807, 2.05) is 11.0 Å². The third-order valence-corrected chi connectivity index (χ3v) is 5.60. The molecule has 4 nitrogen and oxygen atoms in total. The first kappa shape index (κ1) is 17.7. The molecule has 1 aromatic rings. The number of carbonyl (C=O) groups excluding carboxylic acids is 2. The number of ketones is 1.